The van der Waals surface area contributed by atoms with Crippen LogP contribution in [0.2, 0.25) is 0 Å². The van der Waals surface area contributed by atoms with Crippen LogP contribution in [0.5, 0.6) is 11.5 Å². The average Bonchev–Trinajstić information content (AvgIpc) is 2.31. The van der Waals surface area contributed by atoms with Crippen LogP contribution in [0.4, 0.5) is 4.79 Å². The number of hydrogen-bond acceptors (Lipinski definition) is 5. The van der Waals surface area contributed by atoms with Crippen LogP contribution in [0.1, 0.15) is 5.56 Å². The molecule has 0 unspecified atom stereocenters. The first kappa shape index (κ1) is 11.8. The number of phenols is 1. The smallest absolute Gasteiger partial charge is 0.427 e. The molecular weight excluding hydrogens is 212 g/mol. The van der Waals surface area contributed by atoms with Gasteiger partial charge in [0.25, 0.3) is 0 Å². The Kier molecular flexibility index (Phi) is 4.14. The predicted octanol–water partition coefficient (Wildman–Crippen LogP) is 1.09. The summed E-state index contributed by atoms with van der Waals surface area (Å²) >= 11 is 0. The van der Waals surface area contributed by atoms with E-state index in [-0.39, 0.29) is 5.75 Å². The van der Waals surface area contributed by atoms with Gasteiger partial charge >= 0.3 is 6.09 Å². The SMILES string of the molecule is COC(=O)N/N=C\c1ccc(O)c(OC)c1. The molecule has 0 aliphatic heterocycles. The zero-order valence-corrected chi connectivity index (χ0v) is 8.93. The quantitative estimate of drug-likeness (QED) is 0.595. The standard InChI is InChI=1S/C10H12N2O4/c1-15-9-5-7(3-4-8(9)13)6-11-12-10(14)16-2/h3-6,13H,1-2H3,(H,12,14)/b11-6-. The van der Waals surface area contributed by atoms with E-state index in [0.29, 0.717) is 11.3 Å². The van der Waals surface area contributed by atoms with E-state index in [9.17, 15) is 9.90 Å². The molecule has 0 spiro atoms. The highest BCUT2D eigenvalue weighted by Crippen LogP contribution is 2.25. The van der Waals surface area contributed by atoms with Crippen molar-refractivity contribution in [2.45, 2.75) is 0 Å². The molecule has 1 aromatic rings. The lowest BCUT2D eigenvalue weighted by Crippen LogP contribution is -2.16. The van der Waals surface area contributed by atoms with Gasteiger partial charge in [-0.1, -0.05) is 0 Å². The number of benzene rings is 1. The Hall–Kier alpha value is -2.24. The van der Waals surface area contributed by atoms with E-state index in [4.69, 9.17) is 4.74 Å². The van der Waals surface area contributed by atoms with E-state index in [1.807, 2.05) is 0 Å². The highest BCUT2D eigenvalue weighted by atomic mass is 16.5. The van der Waals surface area contributed by atoms with Crippen LogP contribution < -0.4 is 10.2 Å². The summed E-state index contributed by atoms with van der Waals surface area (Å²) in [4.78, 5) is 10.7. The van der Waals surface area contributed by atoms with E-state index in [0.717, 1.165) is 0 Å². The summed E-state index contributed by atoms with van der Waals surface area (Å²) in [5, 5.41) is 13.0. The Morgan fingerprint density at radius 1 is 1.50 bits per heavy atom. The topological polar surface area (TPSA) is 80.2 Å². The fraction of sp³-hybridized carbons (Fsp3) is 0.200. The number of aromatic hydroxyl groups is 1. The second kappa shape index (κ2) is 5.59. The molecule has 0 aliphatic carbocycles. The zero-order valence-electron chi connectivity index (χ0n) is 8.93. The maximum absolute atomic E-state index is 10.7. The molecule has 0 saturated carbocycles. The average molecular weight is 224 g/mol. The summed E-state index contributed by atoms with van der Waals surface area (Å²) in [5.41, 5.74) is 2.81. The summed E-state index contributed by atoms with van der Waals surface area (Å²) in [6, 6.07) is 4.68. The van der Waals surface area contributed by atoms with E-state index in [2.05, 4.69) is 15.3 Å². The molecule has 1 amide bonds. The number of carbonyl (C=O) groups is 1. The molecule has 0 aliphatic rings. The molecule has 0 fully saturated rings. The first-order valence-corrected chi connectivity index (χ1v) is 4.41. The van der Waals surface area contributed by atoms with Crippen LogP contribution in [0, 0.1) is 0 Å². The molecule has 0 bridgehead atoms. The third-order valence-corrected chi connectivity index (χ3v) is 1.76. The molecule has 6 heteroatoms. The van der Waals surface area contributed by atoms with Gasteiger partial charge in [-0.25, -0.2) is 10.2 Å². The van der Waals surface area contributed by atoms with Crippen molar-refractivity contribution in [1.29, 1.82) is 0 Å². The Balaban J connectivity index is 2.70. The lowest BCUT2D eigenvalue weighted by Gasteiger charge is -2.03. The number of methoxy groups -OCH3 is 2. The lowest BCUT2D eigenvalue weighted by molar-refractivity contribution is 0.171. The summed E-state index contributed by atoms with van der Waals surface area (Å²) < 4.78 is 9.23. The highest BCUT2D eigenvalue weighted by molar-refractivity contribution is 5.81. The van der Waals surface area contributed by atoms with Crippen molar-refractivity contribution in [2.75, 3.05) is 14.2 Å². The number of hydrogen-bond donors (Lipinski definition) is 2. The zero-order chi connectivity index (χ0) is 12.0. The van der Waals surface area contributed by atoms with Crippen molar-refractivity contribution in [3.8, 4) is 11.5 Å². The molecule has 0 aromatic heterocycles. The summed E-state index contributed by atoms with van der Waals surface area (Å²) in [6.45, 7) is 0. The molecule has 86 valence electrons. The van der Waals surface area contributed by atoms with Gasteiger partial charge in [0.05, 0.1) is 20.4 Å². The molecule has 0 radical (unpaired) electrons. The minimum Gasteiger partial charge on any atom is -0.504 e. The van der Waals surface area contributed by atoms with E-state index < -0.39 is 6.09 Å². The number of carbonyl (C=O) groups excluding carboxylic acids is 1. The van der Waals surface area contributed by atoms with Crippen LogP contribution in [-0.2, 0) is 4.74 Å². The van der Waals surface area contributed by atoms with Crippen LogP contribution in [-0.4, -0.2) is 31.6 Å². The molecule has 0 atom stereocenters. The predicted molar refractivity (Wildman–Crippen MR) is 57.8 cm³/mol. The molecule has 2 N–H and O–H groups in total. The first-order valence-electron chi connectivity index (χ1n) is 4.41. The first-order chi connectivity index (χ1) is 7.67. The Labute approximate surface area is 92.5 Å². The number of rotatable bonds is 3. The third kappa shape index (κ3) is 3.16. The minimum absolute atomic E-state index is 0.0422. The molecular formula is C10H12N2O4. The third-order valence-electron chi connectivity index (χ3n) is 1.76. The van der Waals surface area contributed by atoms with Crippen molar-refractivity contribution >= 4 is 12.3 Å². The molecule has 1 aromatic carbocycles. The van der Waals surface area contributed by atoms with E-state index in [1.165, 1.54) is 26.5 Å². The maximum Gasteiger partial charge on any atom is 0.427 e. The van der Waals surface area contributed by atoms with Crippen LogP contribution in [0.3, 0.4) is 0 Å². The summed E-state index contributed by atoms with van der Waals surface area (Å²) in [6.07, 6.45) is 0.751. The fourth-order valence-electron chi connectivity index (χ4n) is 0.980. The van der Waals surface area contributed by atoms with Gasteiger partial charge in [0.2, 0.25) is 0 Å². The molecule has 0 saturated heterocycles. The lowest BCUT2D eigenvalue weighted by atomic mass is 10.2. The second-order valence-electron chi connectivity index (χ2n) is 2.79. The van der Waals surface area contributed by atoms with Crippen molar-refractivity contribution in [3.63, 3.8) is 0 Å². The van der Waals surface area contributed by atoms with Gasteiger partial charge < -0.3 is 14.6 Å². The minimum atomic E-state index is -0.651. The van der Waals surface area contributed by atoms with E-state index in [1.54, 1.807) is 12.1 Å². The molecule has 16 heavy (non-hydrogen) atoms. The number of nitrogens with zero attached hydrogens (tertiary/aromatic N) is 1. The van der Waals surface area contributed by atoms with Gasteiger partial charge in [0.15, 0.2) is 11.5 Å². The monoisotopic (exact) mass is 224 g/mol. The normalized spacial score (nSPS) is 10.1. The number of amides is 1. The van der Waals surface area contributed by atoms with Gasteiger partial charge in [-0.2, -0.15) is 5.10 Å². The second-order valence-corrected chi connectivity index (χ2v) is 2.79. The fourth-order valence-corrected chi connectivity index (χ4v) is 0.980. The molecule has 6 nitrogen and oxygen atoms in total. The van der Waals surface area contributed by atoms with Crippen molar-refractivity contribution in [1.82, 2.24) is 5.43 Å². The Bertz CT molecular complexity index is 404. The Morgan fingerprint density at radius 3 is 2.88 bits per heavy atom. The number of ether oxygens (including phenoxy) is 2. The van der Waals surface area contributed by atoms with Gasteiger partial charge in [0.1, 0.15) is 0 Å². The van der Waals surface area contributed by atoms with Crippen molar-refractivity contribution in [2.24, 2.45) is 5.10 Å². The van der Waals surface area contributed by atoms with Gasteiger partial charge in [-0.15, -0.1) is 0 Å². The Morgan fingerprint density at radius 2 is 2.25 bits per heavy atom. The van der Waals surface area contributed by atoms with Gasteiger partial charge in [0, 0.05) is 0 Å². The largest absolute Gasteiger partial charge is 0.504 e. The van der Waals surface area contributed by atoms with Crippen LogP contribution in [0.25, 0.3) is 0 Å². The number of nitrogens with one attached hydrogen (secondary N) is 1. The molecule has 1 rings (SSSR count). The molecule has 0 heterocycles. The maximum atomic E-state index is 10.7. The van der Waals surface area contributed by atoms with Crippen molar-refractivity contribution in [3.05, 3.63) is 23.8 Å². The van der Waals surface area contributed by atoms with Gasteiger partial charge in [-0.3, -0.25) is 0 Å². The van der Waals surface area contributed by atoms with E-state index >= 15 is 0 Å². The van der Waals surface area contributed by atoms with Crippen LogP contribution >= 0.6 is 0 Å². The van der Waals surface area contributed by atoms with Crippen molar-refractivity contribution < 1.29 is 19.4 Å². The highest BCUT2D eigenvalue weighted by Gasteiger charge is 2.00. The number of hydrazone groups is 1. The summed E-state index contributed by atoms with van der Waals surface area (Å²) in [5.74, 6) is 0.377. The van der Waals surface area contributed by atoms with Crippen LogP contribution in [0.15, 0.2) is 23.3 Å². The number of phenolic OH excluding ortho intramolecular Hbond substituents is 1. The van der Waals surface area contributed by atoms with Gasteiger partial charge in [-0.05, 0) is 23.8 Å². The summed E-state index contributed by atoms with van der Waals surface area (Å²) in [7, 11) is 2.69.